The van der Waals surface area contributed by atoms with Gasteiger partial charge in [-0.1, -0.05) is 62.3 Å². The molecular weight excluding hydrogens is 274 g/mol. The Labute approximate surface area is 133 Å². The number of rotatable bonds is 0. The quantitative estimate of drug-likeness (QED) is 0.565. The van der Waals surface area contributed by atoms with Gasteiger partial charge in [0.2, 0.25) is 0 Å². The summed E-state index contributed by atoms with van der Waals surface area (Å²) in [6, 6.07) is 2.38. The van der Waals surface area contributed by atoms with Gasteiger partial charge in [-0.3, -0.25) is 4.98 Å². The summed E-state index contributed by atoms with van der Waals surface area (Å²) < 4.78 is 1.32. The fraction of sp³-hybridized carbons (Fsp3) is 0.632. The van der Waals surface area contributed by atoms with Crippen molar-refractivity contribution in [1.82, 2.24) is 4.98 Å². The smallest absolute Gasteiger partial charge is 0.0850 e. The first-order valence-electron chi connectivity index (χ1n) is 7.75. The third-order valence-electron chi connectivity index (χ3n) is 3.87. The monoisotopic (exact) mass is 303 g/mol. The first-order chi connectivity index (χ1) is 9.32. The van der Waals surface area contributed by atoms with E-state index in [1.165, 1.54) is 27.0 Å². The van der Waals surface area contributed by atoms with E-state index < -0.39 is 0 Å². The zero-order valence-corrected chi connectivity index (χ0v) is 15.8. The van der Waals surface area contributed by atoms with Gasteiger partial charge in [-0.15, -0.1) is 11.3 Å². The molecule has 0 aromatic carbocycles. The second kappa shape index (κ2) is 4.81. The molecule has 2 rings (SSSR count). The van der Waals surface area contributed by atoms with Gasteiger partial charge in [0, 0.05) is 5.41 Å². The van der Waals surface area contributed by atoms with E-state index in [9.17, 15) is 0 Å². The molecule has 116 valence electrons. The predicted molar refractivity (Wildman–Crippen MR) is 95.7 cm³/mol. The fourth-order valence-electron chi connectivity index (χ4n) is 2.63. The van der Waals surface area contributed by atoms with E-state index in [4.69, 9.17) is 4.98 Å². The lowest BCUT2D eigenvalue weighted by molar-refractivity contribution is 0.516. The summed E-state index contributed by atoms with van der Waals surface area (Å²) in [5, 5.41) is 2.29. The van der Waals surface area contributed by atoms with Crippen molar-refractivity contribution in [3.05, 3.63) is 28.3 Å². The molecule has 0 aliphatic heterocycles. The van der Waals surface area contributed by atoms with Crippen molar-refractivity contribution in [3.8, 4) is 0 Å². The Balaban J connectivity index is 2.84. The van der Waals surface area contributed by atoms with Crippen molar-refractivity contribution in [2.75, 3.05) is 0 Å². The minimum Gasteiger partial charge on any atom is -0.251 e. The third-order valence-corrected chi connectivity index (χ3v) is 4.79. The molecule has 1 nitrogen and oxygen atoms in total. The van der Waals surface area contributed by atoms with Crippen molar-refractivity contribution < 1.29 is 0 Å². The van der Waals surface area contributed by atoms with Gasteiger partial charge in [0.1, 0.15) is 0 Å². The lowest BCUT2D eigenvalue weighted by Gasteiger charge is -2.29. The number of thiophene rings is 1. The zero-order valence-electron chi connectivity index (χ0n) is 15.0. The first-order valence-corrected chi connectivity index (χ1v) is 8.63. The van der Waals surface area contributed by atoms with Crippen LogP contribution in [-0.4, -0.2) is 4.98 Å². The Morgan fingerprint density at radius 3 is 1.71 bits per heavy atom. The summed E-state index contributed by atoms with van der Waals surface area (Å²) in [6.07, 6.45) is 0. The highest BCUT2D eigenvalue weighted by Crippen LogP contribution is 2.39. The maximum absolute atomic E-state index is 5.15. The van der Waals surface area contributed by atoms with E-state index in [0.717, 1.165) is 0 Å². The molecule has 2 heteroatoms. The lowest BCUT2D eigenvalue weighted by Crippen LogP contribution is -2.24. The second-order valence-corrected chi connectivity index (χ2v) is 10.0. The zero-order chi connectivity index (χ0) is 16.2. The van der Waals surface area contributed by atoms with Gasteiger partial charge in [-0.05, 0) is 33.4 Å². The maximum atomic E-state index is 5.15. The van der Waals surface area contributed by atoms with Gasteiger partial charge < -0.3 is 0 Å². The molecular formula is C19H29NS. The highest BCUT2D eigenvalue weighted by molar-refractivity contribution is 7.17. The number of hydrogen-bond donors (Lipinski definition) is 0. The molecule has 21 heavy (non-hydrogen) atoms. The van der Waals surface area contributed by atoms with E-state index in [1.807, 2.05) is 11.3 Å². The standard InChI is InChI=1S/C19H29NS/c1-17(2,3)12-10-14-15(20-16(12)19(7,8)9)13(11-21-14)18(4,5)6/h10-11H,1-9H3. The van der Waals surface area contributed by atoms with Gasteiger partial charge >= 0.3 is 0 Å². The topological polar surface area (TPSA) is 12.9 Å². The summed E-state index contributed by atoms with van der Waals surface area (Å²) >= 11 is 1.83. The average Bonchev–Trinajstić information content (AvgIpc) is 2.66. The SMILES string of the molecule is CC(C)(C)c1cc2scc(C(C)(C)C)c2nc1C(C)(C)C. The number of aromatic nitrogens is 1. The van der Waals surface area contributed by atoms with Crippen molar-refractivity contribution in [1.29, 1.82) is 0 Å². The van der Waals surface area contributed by atoms with E-state index in [1.54, 1.807) is 0 Å². The largest absolute Gasteiger partial charge is 0.251 e. The van der Waals surface area contributed by atoms with E-state index >= 15 is 0 Å². The van der Waals surface area contributed by atoms with Crippen molar-refractivity contribution >= 4 is 21.6 Å². The van der Waals surface area contributed by atoms with Gasteiger partial charge in [-0.2, -0.15) is 0 Å². The van der Waals surface area contributed by atoms with Crippen molar-refractivity contribution in [2.24, 2.45) is 0 Å². The summed E-state index contributed by atoms with van der Waals surface area (Å²) in [4.78, 5) is 5.15. The van der Waals surface area contributed by atoms with Crippen LogP contribution in [0, 0.1) is 0 Å². The normalized spacial score (nSPS) is 14.0. The number of hydrogen-bond acceptors (Lipinski definition) is 2. The van der Waals surface area contributed by atoms with Gasteiger partial charge in [0.15, 0.2) is 0 Å². The van der Waals surface area contributed by atoms with Crippen LogP contribution in [0.2, 0.25) is 0 Å². The molecule has 0 aliphatic carbocycles. The molecule has 0 saturated carbocycles. The Bertz CT molecular complexity index is 658. The van der Waals surface area contributed by atoms with Crippen LogP contribution in [0.25, 0.3) is 10.2 Å². The molecule has 2 aromatic rings. The molecule has 2 aromatic heterocycles. The summed E-state index contributed by atoms with van der Waals surface area (Å²) in [6.45, 7) is 20.4. The molecule has 0 N–H and O–H groups in total. The molecule has 2 heterocycles. The fourth-order valence-corrected chi connectivity index (χ4v) is 3.79. The second-order valence-electron chi connectivity index (χ2n) is 9.13. The van der Waals surface area contributed by atoms with Gasteiger partial charge in [-0.25, -0.2) is 0 Å². The lowest BCUT2D eigenvalue weighted by atomic mass is 9.78. The summed E-state index contributed by atoms with van der Waals surface area (Å²) in [7, 11) is 0. The third kappa shape index (κ3) is 3.15. The summed E-state index contributed by atoms with van der Waals surface area (Å²) in [5.74, 6) is 0. The molecule has 0 spiro atoms. The number of pyridine rings is 1. The first kappa shape index (κ1) is 16.5. The average molecular weight is 304 g/mol. The van der Waals surface area contributed by atoms with Crippen LogP contribution in [0.3, 0.4) is 0 Å². The maximum Gasteiger partial charge on any atom is 0.0850 e. The Hall–Kier alpha value is -0.890. The van der Waals surface area contributed by atoms with Crippen LogP contribution >= 0.6 is 11.3 Å². The number of nitrogens with zero attached hydrogens (tertiary/aromatic N) is 1. The van der Waals surface area contributed by atoms with Crippen LogP contribution in [0.4, 0.5) is 0 Å². The van der Waals surface area contributed by atoms with E-state index in [-0.39, 0.29) is 16.2 Å². The molecule has 0 amide bonds. The van der Waals surface area contributed by atoms with Gasteiger partial charge in [0.25, 0.3) is 0 Å². The van der Waals surface area contributed by atoms with E-state index in [2.05, 4.69) is 73.8 Å². The van der Waals surface area contributed by atoms with Crippen LogP contribution < -0.4 is 0 Å². The van der Waals surface area contributed by atoms with Crippen LogP contribution in [0.1, 0.15) is 79.1 Å². The molecule has 0 saturated heterocycles. The minimum atomic E-state index is 0.0634. The number of fused-ring (bicyclic) bond motifs is 1. The highest BCUT2D eigenvalue weighted by atomic mass is 32.1. The Morgan fingerprint density at radius 2 is 1.29 bits per heavy atom. The van der Waals surface area contributed by atoms with E-state index in [0.29, 0.717) is 0 Å². The molecule has 0 fully saturated rings. The molecule has 0 atom stereocenters. The highest BCUT2D eigenvalue weighted by Gasteiger charge is 2.29. The summed E-state index contributed by atoms with van der Waals surface area (Å²) in [5.41, 5.74) is 5.52. The molecule has 0 aliphatic rings. The predicted octanol–water partition coefficient (Wildman–Crippen LogP) is 6.19. The van der Waals surface area contributed by atoms with Crippen LogP contribution in [0.15, 0.2) is 11.4 Å². The van der Waals surface area contributed by atoms with Crippen LogP contribution in [-0.2, 0) is 16.2 Å². The van der Waals surface area contributed by atoms with Crippen molar-refractivity contribution in [3.63, 3.8) is 0 Å². The molecule has 0 unspecified atom stereocenters. The Morgan fingerprint density at radius 1 is 0.762 bits per heavy atom. The van der Waals surface area contributed by atoms with Gasteiger partial charge in [0.05, 0.1) is 15.9 Å². The molecule has 0 bridgehead atoms. The Kier molecular flexibility index (Phi) is 3.77. The van der Waals surface area contributed by atoms with Crippen LogP contribution in [0.5, 0.6) is 0 Å². The molecule has 0 radical (unpaired) electrons. The minimum absolute atomic E-state index is 0.0634. The van der Waals surface area contributed by atoms with Crippen molar-refractivity contribution in [2.45, 2.75) is 78.6 Å².